The van der Waals surface area contributed by atoms with E-state index < -0.39 is 0 Å². The van der Waals surface area contributed by atoms with Gasteiger partial charge in [-0.2, -0.15) is 0 Å². The lowest BCUT2D eigenvalue weighted by atomic mass is 10.0. The molecule has 0 amide bonds. The van der Waals surface area contributed by atoms with Crippen LogP contribution in [-0.4, -0.2) is 61.2 Å². The maximum absolute atomic E-state index is 3.68. The number of nitrogens with zero attached hydrogens (tertiary/aromatic N) is 2. The van der Waals surface area contributed by atoms with Gasteiger partial charge in [0.05, 0.1) is 0 Å². The van der Waals surface area contributed by atoms with E-state index in [1.807, 2.05) is 0 Å². The molecule has 3 atom stereocenters. The summed E-state index contributed by atoms with van der Waals surface area (Å²) in [5.74, 6) is 0. The van der Waals surface area contributed by atoms with Crippen LogP contribution in [0.2, 0.25) is 0 Å². The smallest absolute Gasteiger partial charge is 0.0223 e. The Balaban J connectivity index is 1.45. The van der Waals surface area contributed by atoms with Gasteiger partial charge in [-0.15, -0.1) is 0 Å². The number of fused-ring (bicyclic) bond motifs is 2. The first-order valence-corrected chi connectivity index (χ1v) is 8.00. The molecule has 1 N–H and O–H groups in total. The van der Waals surface area contributed by atoms with Crippen LogP contribution in [0.25, 0.3) is 0 Å². The minimum atomic E-state index is 0.803. The lowest BCUT2D eigenvalue weighted by molar-refractivity contribution is 0.209. The fourth-order valence-corrected chi connectivity index (χ4v) is 4.09. The first-order valence-electron chi connectivity index (χ1n) is 8.00. The van der Waals surface area contributed by atoms with Crippen LogP contribution in [0.3, 0.4) is 0 Å². The molecule has 0 aromatic heterocycles. The zero-order valence-electron chi connectivity index (χ0n) is 11.9. The number of likely N-dealkylation sites (tertiary alicyclic amines) is 1. The van der Waals surface area contributed by atoms with Crippen molar-refractivity contribution in [1.29, 1.82) is 0 Å². The van der Waals surface area contributed by atoms with Gasteiger partial charge in [0.2, 0.25) is 0 Å². The number of rotatable bonds is 3. The molecule has 3 unspecified atom stereocenters. The maximum atomic E-state index is 3.68. The first-order chi connectivity index (χ1) is 8.83. The molecule has 18 heavy (non-hydrogen) atoms. The third-order valence-electron chi connectivity index (χ3n) is 5.44. The molecule has 3 nitrogen and oxygen atoms in total. The average molecular weight is 251 g/mol. The molecule has 3 heteroatoms. The van der Waals surface area contributed by atoms with E-state index in [0.29, 0.717) is 0 Å². The Hall–Kier alpha value is -0.120. The monoisotopic (exact) mass is 251 g/mol. The van der Waals surface area contributed by atoms with Gasteiger partial charge >= 0.3 is 0 Å². The molecule has 0 radical (unpaired) electrons. The minimum Gasteiger partial charge on any atom is -0.314 e. The van der Waals surface area contributed by atoms with Crippen LogP contribution in [0.5, 0.6) is 0 Å². The Morgan fingerprint density at radius 3 is 2.78 bits per heavy atom. The summed E-state index contributed by atoms with van der Waals surface area (Å²) in [7, 11) is 2.34. The van der Waals surface area contributed by atoms with E-state index in [9.17, 15) is 0 Å². The van der Waals surface area contributed by atoms with Gasteiger partial charge in [0.15, 0.2) is 0 Å². The molecule has 3 aliphatic heterocycles. The SMILES string of the molecule is CN1C2CCC1CN(CCC1CCCCN1)CC2. The second-order valence-electron chi connectivity index (χ2n) is 6.58. The van der Waals surface area contributed by atoms with Crippen LogP contribution in [0.4, 0.5) is 0 Å². The largest absolute Gasteiger partial charge is 0.314 e. The normalized spacial score (nSPS) is 38.8. The van der Waals surface area contributed by atoms with Gasteiger partial charge in [0, 0.05) is 24.7 Å². The summed E-state index contributed by atoms with van der Waals surface area (Å²) in [6, 6.07) is 2.53. The highest BCUT2D eigenvalue weighted by Gasteiger charge is 2.34. The molecule has 0 saturated carbocycles. The third-order valence-corrected chi connectivity index (χ3v) is 5.44. The van der Waals surface area contributed by atoms with Crippen molar-refractivity contribution in [1.82, 2.24) is 15.1 Å². The second kappa shape index (κ2) is 5.89. The summed E-state index contributed by atoms with van der Waals surface area (Å²) in [6.07, 6.45) is 9.85. The number of piperidine rings is 1. The van der Waals surface area contributed by atoms with Gasteiger partial charge in [-0.3, -0.25) is 4.90 Å². The van der Waals surface area contributed by atoms with Crippen molar-refractivity contribution in [3.8, 4) is 0 Å². The van der Waals surface area contributed by atoms with Crippen molar-refractivity contribution in [3.63, 3.8) is 0 Å². The Morgan fingerprint density at radius 1 is 1.06 bits per heavy atom. The molecule has 0 aliphatic carbocycles. The molecule has 2 bridgehead atoms. The Bertz CT molecular complexity index is 262. The standard InChI is InChI=1S/C15H29N3/c1-17-14-5-6-15(17)12-18(11-8-14)10-7-13-4-2-3-9-16-13/h13-16H,2-12H2,1H3. The van der Waals surface area contributed by atoms with Crippen LogP contribution in [0.1, 0.15) is 44.9 Å². The van der Waals surface area contributed by atoms with Crippen molar-refractivity contribution in [3.05, 3.63) is 0 Å². The van der Waals surface area contributed by atoms with Crippen molar-refractivity contribution in [2.45, 2.75) is 63.1 Å². The van der Waals surface area contributed by atoms with E-state index in [0.717, 1.165) is 18.1 Å². The fraction of sp³-hybridized carbons (Fsp3) is 1.00. The van der Waals surface area contributed by atoms with E-state index in [2.05, 4.69) is 22.2 Å². The van der Waals surface area contributed by atoms with Crippen molar-refractivity contribution in [2.75, 3.05) is 33.2 Å². The van der Waals surface area contributed by atoms with E-state index in [1.54, 1.807) is 0 Å². The van der Waals surface area contributed by atoms with Gasteiger partial charge in [-0.05, 0) is 65.2 Å². The topological polar surface area (TPSA) is 18.5 Å². The highest BCUT2D eigenvalue weighted by atomic mass is 15.3. The molecule has 0 aromatic carbocycles. The Kier molecular flexibility index (Phi) is 4.22. The molecule has 104 valence electrons. The predicted octanol–water partition coefficient (Wildman–Crippen LogP) is 1.69. The number of likely N-dealkylation sites (N-methyl/N-ethyl adjacent to an activating group) is 1. The predicted molar refractivity (Wildman–Crippen MR) is 75.9 cm³/mol. The van der Waals surface area contributed by atoms with E-state index in [-0.39, 0.29) is 0 Å². The summed E-state index contributed by atoms with van der Waals surface area (Å²) >= 11 is 0. The molecule has 3 heterocycles. The van der Waals surface area contributed by atoms with Gasteiger partial charge in [-0.1, -0.05) is 6.42 Å². The molecule has 3 fully saturated rings. The lowest BCUT2D eigenvalue weighted by Crippen LogP contribution is -2.40. The molecule has 3 aliphatic rings. The third kappa shape index (κ3) is 2.89. The molecule has 3 saturated heterocycles. The van der Waals surface area contributed by atoms with Crippen LogP contribution in [-0.2, 0) is 0 Å². The molecule has 0 aromatic rings. The summed E-state index contributed by atoms with van der Waals surface area (Å²) < 4.78 is 0. The van der Waals surface area contributed by atoms with Crippen molar-refractivity contribution < 1.29 is 0 Å². The van der Waals surface area contributed by atoms with Crippen LogP contribution < -0.4 is 5.32 Å². The van der Waals surface area contributed by atoms with E-state index >= 15 is 0 Å². The maximum Gasteiger partial charge on any atom is 0.0223 e. The summed E-state index contributed by atoms with van der Waals surface area (Å²) in [5, 5.41) is 3.68. The van der Waals surface area contributed by atoms with Crippen molar-refractivity contribution in [2.24, 2.45) is 0 Å². The highest BCUT2D eigenvalue weighted by molar-refractivity contribution is 4.91. The van der Waals surface area contributed by atoms with Gasteiger partial charge in [0.25, 0.3) is 0 Å². The van der Waals surface area contributed by atoms with Crippen LogP contribution >= 0.6 is 0 Å². The molecular weight excluding hydrogens is 222 g/mol. The van der Waals surface area contributed by atoms with Crippen molar-refractivity contribution >= 4 is 0 Å². The average Bonchev–Trinajstić information content (AvgIpc) is 2.64. The highest BCUT2D eigenvalue weighted by Crippen LogP contribution is 2.28. The molecule has 3 rings (SSSR count). The molecular formula is C15H29N3. The second-order valence-corrected chi connectivity index (χ2v) is 6.58. The zero-order valence-corrected chi connectivity index (χ0v) is 11.9. The van der Waals surface area contributed by atoms with E-state index in [4.69, 9.17) is 0 Å². The van der Waals surface area contributed by atoms with Crippen LogP contribution in [0, 0.1) is 0 Å². The number of hydrogen-bond donors (Lipinski definition) is 1. The summed E-state index contributed by atoms with van der Waals surface area (Å²) in [6.45, 7) is 5.21. The van der Waals surface area contributed by atoms with Gasteiger partial charge in [0.1, 0.15) is 0 Å². The number of hydrogen-bond acceptors (Lipinski definition) is 3. The molecule has 0 spiro atoms. The number of nitrogens with one attached hydrogen (secondary N) is 1. The zero-order chi connectivity index (χ0) is 12.4. The van der Waals surface area contributed by atoms with E-state index in [1.165, 1.54) is 71.1 Å². The summed E-state index contributed by atoms with van der Waals surface area (Å²) in [5.41, 5.74) is 0. The quantitative estimate of drug-likeness (QED) is 0.823. The van der Waals surface area contributed by atoms with Gasteiger partial charge in [-0.25, -0.2) is 0 Å². The van der Waals surface area contributed by atoms with Crippen LogP contribution in [0.15, 0.2) is 0 Å². The first kappa shape index (κ1) is 12.9. The Morgan fingerprint density at radius 2 is 1.94 bits per heavy atom. The lowest BCUT2D eigenvalue weighted by Gasteiger charge is -2.29. The minimum absolute atomic E-state index is 0.803. The summed E-state index contributed by atoms with van der Waals surface area (Å²) in [4.78, 5) is 5.38. The van der Waals surface area contributed by atoms with Gasteiger partial charge < -0.3 is 10.2 Å². The fourth-order valence-electron chi connectivity index (χ4n) is 4.09. The Labute approximate surface area is 112 Å².